The molecule has 41 valence electrons. The van der Waals surface area contributed by atoms with Gasteiger partial charge in [-0.05, 0) is 6.42 Å². The first kappa shape index (κ1) is 5.04. The normalized spacial score (nSPS) is 32.6. The van der Waals surface area contributed by atoms with Crippen LogP contribution in [0.5, 0.6) is 0 Å². The van der Waals surface area contributed by atoms with Gasteiger partial charge in [-0.1, -0.05) is 6.92 Å². The summed E-state index contributed by atoms with van der Waals surface area (Å²) in [5, 5.41) is 0. The van der Waals surface area contributed by atoms with Gasteiger partial charge >= 0.3 is 0 Å². The molecule has 0 aromatic carbocycles. The van der Waals surface area contributed by atoms with Crippen LogP contribution in [-0.2, 0) is 4.74 Å². The molecule has 0 amide bonds. The smallest absolute Gasteiger partial charge is 0.207 e. The number of ether oxygens (including phenoxy) is 1. The fraction of sp³-hybridized carbons (Fsp3) is 0.800. The molecule has 7 heavy (non-hydrogen) atoms. The van der Waals surface area contributed by atoms with Crippen LogP contribution in [0.2, 0.25) is 0 Å². The van der Waals surface area contributed by atoms with E-state index in [0.29, 0.717) is 6.61 Å². The lowest BCUT2D eigenvalue weighted by molar-refractivity contribution is -0.107. The van der Waals surface area contributed by atoms with Gasteiger partial charge in [0.2, 0.25) is 6.36 Å². The molecule has 1 rings (SSSR count). The third-order valence-corrected chi connectivity index (χ3v) is 1.19. The highest BCUT2D eigenvalue weighted by Gasteiger charge is 2.30. The number of rotatable bonds is 1. The van der Waals surface area contributed by atoms with Crippen LogP contribution in [0.4, 0.5) is 4.39 Å². The molecule has 0 aromatic heterocycles. The molecule has 1 saturated heterocycles. The highest BCUT2D eigenvalue weighted by atomic mass is 19.1. The van der Waals surface area contributed by atoms with E-state index < -0.39 is 6.36 Å². The van der Waals surface area contributed by atoms with Crippen molar-refractivity contribution in [2.45, 2.75) is 19.7 Å². The third kappa shape index (κ3) is 0.752. The summed E-state index contributed by atoms with van der Waals surface area (Å²) in [7, 11) is 0. The van der Waals surface area contributed by atoms with Crippen molar-refractivity contribution < 1.29 is 9.13 Å². The Kier molecular flexibility index (Phi) is 1.28. The molecule has 1 aliphatic heterocycles. The van der Waals surface area contributed by atoms with Crippen LogP contribution in [-0.4, -0.2) is 13.0 Å². The van der Waals surface area contributed by atoms with Gasteiger partial charge in [0.25, 0.3) is 0 Å². The fourth-order valence-corrected chi connectivity index (χ4v) is 0.527. The van der Waals surface area contributed by atoms with Crippen molar-refractivity contribution in [3.8, 4) is 0 Å². The molecule has 0 aromatic rings. The maximum absolute atomic E-state index is 11.9. The first-order valence-electron chi connectivity index (χ1n) is 2.45. The number of alkyl halides is 1. The van der Waals surface area contributed by atoms with Crippen LogP contribution < -0.4 is 0 Å². The van der Waals surface area contributed by atoms with Crippen molar-refractivity contribution in [1.82, 2.24) is 0 Å². The molecule has 0 spiro atoms. The maximum Gasteiger partial charge on any atom is 0.207 e. The Morgan fingerprint density at radius 2 is 2.71 bits per heavy atom. The number of halogens is 1. The summed E-state index contributed by atoms with van der Waals surface area (Å²) in [5.41, 5.74) is 0. The van der Waals surface area contributed by atoms with Gasteiger partial charge in [-0.15, -0.1) is 0 Å². The molecule has 2 heteroatoms. The van der Waals surface area contributed by atoms with E-state index >= 15 is 0 Å². The van der Waals surface area contributed by atoms with Crippen LogP contribution in [0.15, 0.2) is 0 Å². The molecule has 1 nitrogen and oxygen atoms in total. The van der Waals surface area contributed by atoms with Gasteiger partial charge in [-0.2, -0.15) is 0 Å². The van der Waals surface area contributed by atoms with Gasteiger partial charge in [0.15, 0.2) is 0 Å². The molecule has 1 fully saturated rings. The van der Waals surface area contributed by atoms with Gasteiger partial charge in [-0.25, -0.2) is 4.39 Å². The summed E-state index contributed by atoms with van der Waals surface area (Å²) in [6.45, 7) is 2.47. The summed E-state index contributed by atoms with van der Waals surface area (Å²) in [5.74, 6) is 0.889. The fourth-order valence-electron chi connectivity index (χ4n) is 0.527. The largest absolute Gasteiger partial charge is 0.347 e. The molecule has 1 aliphatic rings. The van der Waals surface area contributed by atoms with E-state index in [1.54, 1.807) is 0 Å². The van der Waals surface area contributed by atoms with Crippen molar-refractivity contribution in [1.29, 1.82) is 0 Å². The first-order chi connectivity index (χ1) is 3.34. The van der Waals surface area contributed by atoms with Crippen molar-refractivity contribution in [2.75, 3.05) is 6.61 Å². The van der Waals surface area contributed by atoms with E-state index in [2.05, 4.69) is 4.74 Å². The zero-order valence-electron chi connectivity index (χ0n) is 4.28. The minimum absolute atomic E-state index is 0.539. The van der Waals surface area contributed by atoms with Crippen molar-refractivity contribution in [2.24, 2.45) is 0 Å². The average Bonchev–Trinajstić information content (AvgIpc) is 1.65. The van der Waals surface area contributed by atoms with E-state index in [1.807, 2.05) is 6.92 Å². The van der Waals surface area contributed by atoms with Crippen LogP contribution >= 0.6 is 0 Å². The Labute approximate surface area is 42.5 Å². The second-order valence-corrected chi connectivity index (χ2v) is 1.64. The number of hydrogen-bond acceptors (Lipinski definition) is 1. The maximum atomic E-state index is 11.9. The first-order valence-corrected chi connectivity index (χ1v) is 2.45. The van der Waals surface area contributed by atoms with E-state index in [9.17, 15) is 4.39 Å². The molecular formula is C5H8FO. The standard InChI is InChI=1S/C5H8FO/c1-2-4-3-7-5(4)6/h5H,2-3H2,1H3. The lowest BCUT2D eigenvalue weighted by atomic mass is 10.0. The van der Waals surface area contributed by atoms with Gasteiger partial charge < -0.3 is 4.74 Å². The summed E-state index contributed by atoms with van der Waals surface area (Å²) in [6.07, 6.45) is -0.216. The van der Waals surface area contributed by atoms with Gasteiger partial charge in [0, 0.05) is 0 Å². The zero-order valence-corrected chi connectivity index (χ0v) is 4.28. The van der Waals surface area contributed by atoms with E-state index in [4.69, 9.17) is 0 Å². The SMILES string of the molecule is CC[C]1COC1F. The predicted molar refractivity (Wildman–Crippen MR) is 24.4 cm³/mol. The van der Waals surface area contributed by atoms with Gasteiger partial charge in [0.1, 0.15) is 0 Å². The second kappa shape index (κ2) is 1.78. The Balaban J connectivity index is 2.16. The molecule has 1 unspecified atom stereocenters. The Morgan fingerprint density at radius 1 is 2.00 bits per heavy atom. The monoisotopic (exact) mass is 103 g/mol. The Bertz CT molecular complexity index is 63.1. The quantitative estimate of drug-likeness (QED) is 0.486. The minimum atomic E-state index is -1.04. The third-order valence-electron chi connectivity index (χ3n) is 1.19. The molecule has 1 heterocycles. The van der Waals surface area contributed by atoms with Crippen LogP contribution in [0.3, 0.4) is 0 Å². The summed E-state index contributed by atoms with van der Waals surface area (Å²) in [6, 6.07) is 0. The highest BCUT2D eigenvalue weighted by Crippen LogP contribution is 2.25. The molecule has 1 atom stereocenters. The van der Waals surface area contributed by atoms with E-state index in [0.717, 1.165) is 12.3 Å². The second-order valence-electron chi connectivity index (χ2n) is 1.64. The summed E-state index contributed by atoms with van der Waals surface area (Å²) in [4.78, 5) is 0. The van der Waals surface area contributed by atoms with E-state index in [-0.39, 0.29) is 0 Å². The van der Waals surface area contributed by atoms with Gasteiger partial charge in [0.05, 0.1) is 12.5 Å². The molecule has 0 aliphatic carbocycles. The highest BCUT2D eigenvalue weighted by molar-refractivity contribution is 4.98. The van der Waals surface area contributed by atoms with E-state index in [1.165, 1.54) is 0 Å². The zero-order chi connectivity index (χ0) is 5.28. The van der Waals surface area contributed by atoms with Crippen molar-refractivity contribution in [3.05, 3.63) is 5.92 Å². The topological polar surface area (TPSA) is 9.23 Å². The van der Waals surface area contributed by atoms with Crippen LogP contribution in [0.1, 0.15) is 13.3 Å². The molecule has 0 N–H and O–H groups in total. The van der Waals surface area contributed by atoms with Crippen molar-refractivity contribution in [3.63, 3.8) is 0 Å². The average molecular weight is 103 g/mol. The van der Waals surface area contributed by atoms with Crippen LogP contribution in [0.25, 0.3) is 0 Å². The van der Waals surface area contributed by atoms with Gasteiger partial charge in [-0.3, -0.25) is 0 Å². The minimum Gasteiger partial charge on any atom is -0.347 e. The predicted octanol–water partition coefficient (Wildman–Crippen LogP) is 1.30. The number of hydrogen-bond donors (Lipinski definition) is 0. The molecular weight excluding hydrogens is 95.1 g/mol. The molecule has 0 saturated carbocycles. The molecule has 0 bridgehead atoms. The molecule has 1 radical (unpaired) electrons. The lowest BCUT2D eigenvalue weighted by Gasteiger charge is -2.28. The Morgan fingerprint density at radius 3 is 2.71 bits per heavy atom. The lowest BCUT2D eigenvalue weighted by Crippen LogP contribution is -2.33. The van der Waals surface area contributed by atoms with Crippen LogP contribution in [0, 0.1) is 5.92 Å². The summed E-state index contributed by atoms with van der Waals surface area (Å²) >= 11 is 0. The Hall–Kier alpha value is -0.110. The summed E-state index contributed by atoms with van der Waals surface area (Å²) < 4.78 is 16.4. The van der Waals surface area contributed by atoms with Crippen molar-refractivity contribution >= 4 is 0 Å².